The Bertz CT molecular complexity index is 631. The molecule has 92 valence electrons. The molecule has 2 heterocycles. The minimum Gasteiger partial charge on any atom is -0.444 e. The van der Waals surface area contributed by atoms with Crippen LogP contribution in [-0.2, 0) is 17.8 Å². The van der Waals surface area contributed by atoms with Crippen LogP contribution < -0.4 is 11.1 Å². The first-order valence-corrected chi connectivity index (χ1v) is 5.77. The maximum atomic E-state index is 11.3. The molecular formula is C13H13N3O2. The number of aromatic nitrogens is 1. The first-order valence-electron chi connectivity index (χ1n) is 5.77. The van der Waals surface area contributed by atoms with Crippen molar-refractivity contribution in [1.29, 1.82) is 0 Å². The number of hydrogen-bond donors (Lipinski definition) is 2. The number of carbonyl (C=O) groups is 1. The fraction of sp³-hybridized carbons (Fsp3) is 0.231. The van der Waals surface area contributed by atoms with E-state index in [1.54, 1.807) is 0 Å². The average molecular weight is 243 g/mol. The zero-order chi connectivity index (χ0) is 12.7. The molecule has 5 nitrogen and oxygen atoms in total. The summed E-state index contributed by atoms with van der Waals surface area (Å²) >= 11 is 0. The molecule has 0 saturated carbocycles. The zero-order valence-corrected chi connectivity index (χ0v) is 9.99. The van der Waals surface area contributed by atoms with Gasteiger partial charge in [-0.15, -0.1) is 0 Å². The van der Waals surface area contributed by atoms with Crippen molar-refractivity contribution in [2.45, 2.75) is 19.9 Å². The van der Waals surface area contributed by atoms with Crippen molar-refractivity contribution in [2.24, 2.45) is 5.73 Å². The minimum atomic E-state index is 0.0293. The molecule has 18 heavy (non-hydrogen) atoms. The first-order chi connectivity index (χ1) is 8.67. The number of fused-ring (bicyclic) bond motifs is 1. The Morgan fingerprint density at radius 3 is 3.06 bits per heavy atom. The van der Waals surface area contributed by atoms with Gasteiger partial charge in [-0.1, -0.05) is 6.07 Å². The fourth-order valence-corrected chi connectivity index (χ4v) is 2.18. The lowest BCUT2D eigenvalue weighted by atomic mass is 10.1. The van der Waals surface area contributed by atoms with Crippen molar-refractivity contribution >= 4 is 11.6 Å². The highest BCUT2D eigenvalue weighted by atomic mass is 16.4. The second kappa shape index (κ2) is 3.96. The molecule has 1 aliphatic heterocycles. The summed E-state index contributed by atoms with van der Waals surface area (Å²) in [5, 5.41) is 2.80. The topological polar surface area (TPSA) is 81.2 Å². The van der Waals surface area contributed by atoms with Crippen LogP contribution in [0.25, 0.3) is 11.3 Å². The van der Waals surface area contributed by atoms with E-state index in [-0.39, 0.29) is 12.5 Å². The lowest BCUT2D eigenvalue weighted by Gasteiger charge is -2.01. The van der Waals surface area contributed by atoms with Gasteiger partial charge in [-0.05, 0) is 24.6 Å². The summed E-state index contributed by atoms with van der Waals surface area (Å²) in [5.74, 6) is 1.30. The van der Waals surface area contributed by atoms with Crippen LogP contribution in [-0.4, -0.2) is 10.9 Å². The van der Waals surface area contributed by atoms with Gasteiger partial charge in [0.05, 0.1) is 13.0 Å². The van der Waals surface area contributed by atoms with Crippen LogP contribution in [0.15, 0.2) is 22.6 Å². The third-order valence-corrected chi connectivity index (χ3v) is 3.02. The SMILES string of the molecule is Cc1oc(CN)nc1-c1ccc2c(c1)CC(=O)N2. The summed E-state index contributed by atoms with van der Waals surface area (Å²) < 4.78 is 5.44. The van der Waals surface area contributed by atoms with E-state index >= 15 is 0 Å². The first kappa shape index (κ1) is 11.0. The molecule has 1 aliphatic rings. The number of oxazole rings is 1. The van der Waals surface area contributed by atoms with Crippen LogP contribution in [0.1, 0.15) is 17.2 Å². The maximum absolute atomic E-state index is 11.3. The van der Waals surface area contributed by atoms with E-state index in [0.717, 1.165) is 28.3 Å². The Morgan fingerprint density at radius 1 is 1.50 bits per heavy atom. The fourth-order valence-electron chi connectivity index (χ4n) is 2.18. The van der Waals surface area contributed by atoms with Crippen LogP contribution in [0.3, 0.4) is 0 Å². The molecule has 1 aromatic carbocycles. The number of rotatable bonds is 2. The van der Waals surface area contributed by atoms with E-state index in [0.29, 0.717) is 12.3 Å². The zero-order valence-electron chi connectivity index (χ0n) is 9.99. The number of carbonyl (C=O) groups excluding carboxylic acids is 1. The lowest BCUT2D eigenvalue weighted by molar-refractivity contribution is -0.115. The second-order valence-electron chi connectivity index (χ2n) is 4.31. The Labute approximate surface area is 104 Å². The molecule has 0 spiro atoms. The van der Waals surface area contributed by atoms with E-state index < -0.39 is 0 Å². The van der Waals surface area contributed by atoms with Crippen molar-refractivity contribution < 1.29 is 9.21 Å². The number of benzene rings is 1. The third kappa shape index (κ3) is 1.69. The van der Waals surface area contributed by atoms with Crippen molar-refractivity contribution in [2.75, 3.05) is 5.32 Å². The summed E-state index contributed by atoms with van der Waals surface area (Å²) in [7, 11) is 0. The van der Waals surface area contributed by atoms with E-state index in [2.05, 4.69) is 10.3 Å². The average Bonchev–Trinajstić information content (AvgIpc) is 2.89. The van der Waals surface area contributed by atoms with Crippen LogP contribution in [0, 0.1) is 6.92 Å². The van der Waals surface area contributed by atoms with Gasteiger partial charge in [-0.3, -0.25) is 4.79 Å². The highest BCUT2D eigenvalue weighted by Crippen LogP contribution is 2.30. The largest absolute Gasteiger partial charge is 0.444 e. The number of anilines is 1. The number of nitrogens with two attached hydrogens (primary N) is 1. The number of aryl methyl sites for hydroxylation is 1. The monoisotopic (exact) mass is 243 g/mol. The predicted octanol–water partition coefficient (Wildman–Crippen LogP) is 1.60. The van der Waals surface area contributed by atoms with Gasteiger partial charge >= 0.3 is 0 Å². The van der Waals surface area contributed by atoms with E-state index in [4.69, 9.17) is 10.2 Å². The van der Waals surface area contributed by atoms with Gasteiger partial charge in [0, 0.05) is 11.3 Å². The normalized spacial score (nSPS) is 13.6. The summed E-state index contributed by atoms with van der Waals surface area (Å²) in [6.07, 6.45) is 0.420. The molecule has 0 unspecified atom stereocenters. The van der Waals surface area contributed by atoms with Crippen molar-refractivity contribution in [3.63, 3.8) is 0 Å². The molecule has 5 heteroatoms. The van der Waals surface area contributed by atoms with Gasteiger partial charge in [0.25, 0.3) is 0 Å². The van der Waals surface area contributed by atoms with Gasteiger partial charge in [-0.2, -0.15) is 0 Å². The molecule has 1 amide bonds. The number of amides is 1. The Hall–Kier alpha value is -2.14. The number of hydrogen-bond acceptors (Lipinski definition) is 4. The predicted molar refractivity (Wildman–Crippen MR) is 66.9 cm³/mol. The minimum absolute atomic E-state index is 0.0293. The molecule has 0 aliphatic carbocycles. The molecular weight excluding hydrogens is 230 g/mol. The van der Waals surface area contributed by atoms with Gasteiger partial charge in [0.15, 0.2) is 0 Å². The molecule has 2 aromatic rings. The maximum Gasteiger partial charge on any atom is 0.228 e. The third-order valence-electron chi connectivity index (χ3n) is 3.02. The molecule has 0 fully saturated rings. The summed E-state index contributed by atoms with van der Waals surface area (Å²) in [4.78, 5) is 15.6. The molecule has 1 aromatic heterocycles. The van der Waals surface area contributed by atoms with E-state index in [9.17, 15) is 4.79 Å². The number of nitrogens with one attached hydrogen (secondary N) is 1. The van der Waals surface area contributed by atoms with Crippen molar-refractivity contribution in [3.05, 3.63) is 35.4 Å². The molecule has 3 N–H and O–H groups in total. The highest BCUT2D eigenvalue weighted by Gasteiger charge is 2.19. The Balaban J connectivity index is 2.05. The molecule has 0 atom stereocenters. The van der Waals surface area contributed by atoms with Crippen molar-refractivity contribution in [1.82, 2.24) is 4.98 Å². The van der Waals surface area contributed by atoms with Gasteiger partial charge < -0.3 is 15.5 Å². The molecule has 0 saturated heterocycles. The van der Waals surface area contributed by atoms with Crippen LogP contribution in [0.4, 0.5) is 5.69 Å². The molecule has 0 radical (unpaired) electrons. The number of nitrogens with zero attached hydrogens (tertiary/aromatic N) is 1. The molecule has 3 rings (SSSR count). The summed E-state index contributed by atoms with van der Waals surface area (Å²) in [6.45, 7) is 2.14. The molecule has 0 bridgehead atoms. The van der Waals surface area contributed by atoms with Crippen LogP contribution >= 0.6 is 0 Å². The summed E-state index contributed by atoms with van der Waals surface area (Å²) in [6, 6.07) is 5.79. The van der Waals surface area contributed by atoms with Crippen LogP contribution in [0.2, 0.25) is 0 Å². The Morgan fingerprint density at radius 2 is 2.33 bits per heavy atom. The highest BCUT2D eigenvalue weighted by molar-refractivity contribution is 5.99. The van der Waals surface area contributed by atoms with Crippen LogP contribution in [0.5, 0.6) is 0 Å². The standard InChI is InChI=1S/C13H13N3O2/c1-7-13(16-12(6-14)18-7)8-2-3-10-9(4-8)5-11(17)15-10/h2-4H,5-6,14H2,1H3,(H,15,17). The van der Waals surface area contributed by atoms with E-state index in [1.165, 1.54) is 0 Å². The van der Waals surface area contributed by atoms with Crippen molar-refractivity contribution in [3.8, 4) is 11.3 Å². The van der Waals surface area contributed by atoms with E-state index in [1.807, 2.05) is 25.1 Å². The van der Waals surface area contributed by atoms with Gasteiger partial charge in [0.1, 0.15) is 11.5 Å². The lowest BCUT2D eigenvalue weighted by Crippen LogP contribution is -2.03. The van der Waals surface area contributed by atoms with Gasteiger partial charge in [0.2, 0.25) is 11.8 Å². The van der Waals surface area contributed by atoms with Gasteiger partial charge in [-0.25, -0.2) is 4.98 Å². The summed E-state index contributed by atoms with van der Waals surface area (Å²) in [5.41, 5.74) is 9.12. The second-order valence-corrected chi connectivity index (χ2v) is 4.31. The smallest absolute Gasteiger partial charge is 0.228 e. The Kier molecular flexibility index (Phi) is 2.41. The quantitative estimate of drug-likeness (QED) is 0.839.